The van der Waals surface area contributed by atoms with Crippen molar-refractivity contribution >= 4 is 11.6 Å². The van der Waals surface area contributed by atoms with Gasteiger partial charge in [-0.15, -0.1) is 0 Å². The van der Waals surface area contributed by atoms with E-state index in [0.717, 1.165) is 19.5 Å². The maximum absolute atomic E-state index is 12.3. The summed E-state index contributed by atoms with van der Waals surface area (Å²) in [6, 6.07) is 5.82. The molecule has 1 heterocycles. The van der Waals surface area contributed by atoms with Gasteiger partial charge in [0.2, 0.25) is 0 Å². The van der Waals surface area contributed by atoms with Crippen molar-refractivity contribution in [3.8, 4) is 0 Å². The molecule has 0 N–H and O–H groups in total. The van der Waals surface area contributed by atoms with Gasteiger partial charge in [-0.2, -0.15) is 0 Å². The third kappa shape index (κ3) is 3.10. The Morgan fingerprint density at radius 1 is 1.21 bits per heavy atom. The van der Waals surface area contributed by atoms with Crippen LogP contribution in [0.1, 0.15) is 30.6 Å². The molecule has 1 aliphatic heterocycles. The number of nitrogens with zero attached hydrogens (tertiary/aromatic N) is 2. The van der Waals surface area contributed by atoms with Gasteiger partial charge < -0.3 is 4.90 Å². The van der Waals surface area contributed by atoms with Gasteiger partial charge in [0.25, 0.3) is 11.6 Å². The third-order valence-electron chi connectivity index (χ3n) is 3.48. The summed E-state index contributed by atoms with van der Waals surface area (Å²) in [5.41, 5.74) is 0.531. The molecule has 0 spiro atoms. The summed E-state index contributed by atoms with van der Waals surface area (Å²) in [5.74, 6) is 0.977. The zero-order valence-corrected chi connectivity index (χ0v) is 11.2. The number of nitro benzene ring substituents is 1. The van der Waals surface area contributed by atoms with Gasteiger partial charge in [0.05, 0.1) is 4.92 Å². The smallest absolute Gasteiger partial charge is 0.269 e. The van der Waals surface area contributed by atoms with E-state index in [4.69, 9.17) is 0 Å². The van der Waals surface area contributed by atoms with Crippen molar-refractivity contribution in [2.24, 2.45) is 11.8 Å². The summed E-state index contributed by atoms with van der Waals surface area (Å²) < 4.78 is 0. The van der Waals surface area contributed by atoms with Crippen LogP contribution in [-0.4, -0.2) is 28.8 Å². The number of benzene rings is 1. The van der Waals surface area contributed by atoms with Crippen LogP contribution >= 0.6 is 0 Å². The molecule has 1 aromatic rings. The molecule has 1 saturated heterocycles. The van der Waals surface area contributed by atoms with E-state index in [2.05, 4.69) is 13.8 Å². The van der Waals surface area contributed by atoms with E-state index in [1.807, 2.05) is 4.90 Å². The quantitative estimate of drug-likeness (QED) is 0.608. The first kappa shape index (κ1) is 13.5. The summed E-state index contributed by atoms with van der Waals surface area (Å²) in [7, 11) is 0. The van der Waals surface area contributed by atoms with E-state index in [0.29, 0.717) is 17.4 Å². The third-order valence-corrected chi connectivity index (χ3v) is 3.48. The van der Waals surface area contributed by atoms with Crippen LogP contribution in [-0.2, 0) is 0 Å². The summed E-state index contributed by atoms with van der Waals surface area (Å²) in [6.45, 7) is 5.82. The van der Waals surface area contributed by atoms with Crippen molar-refractivity contribution < 1.29 is 9.72 Å². The molecule has 2 atom stereocenters. The van der Waals surface area contributed by atoms with Crippen LogP contribution < -0.4 is 0 Å². The molecule has 5 nitrogen and oxygen atoms in total. The van der Waals surface area contributed by atoms with Crippen molar-refractivity contribution in [3.63, 3.8) is 0 Å². The van der Waals surface area contributed by atoms with Crippen LogP contribution in [0.4, 0.5) is 5.69 Å². The van der Waals surface area contributed by atoms with Crippen molar-refractivity contribution in [1.82, 2.24) is 4.90 Å². The zero-order valence-electron chi connectivity index (χ0n) is 11.2. The topological polar surface area (TPSA) is 63.5 Å². The lowest BCUT2D eigenvalue weighted by Crippen LogP contribution is -2.42. The number of rotatable bonds is 2. The minimum Gasteiger partial charge on any atom is -0.338 e. The number of amides is 1. The maximum atomic E-state index is 12.3. The van der Waals surface area contributed by atoms with E-state index in [-0.39, 0.29) is 11.6 Å². The van der Waals surface area contributed by atoms with Crippen molar-refractivity contribution in [3.05, 3.63) is 39.9 Å². The number of hydrogen-bond acceptors (Lipinski definition) is 3. The van der Waals surface area contributed by atoms with Crippen LogP contribution in [0, 0.1) is 22.0 Å². The van der Waals surface area contributed by atoms with Gasteiger partial charge in [0, 0.05) is 30.8 Å². The molecule has 1 fully saturated rings. The van der Waals surface area contributed by atoms with Crippen molar-refractivity contribution in [2.75, 3.05) is 13.1 Å². The Bertz CT molecular complexity index is 474. The normalized spacial score (nSPS) is 23.2. The van der Waals surface area contributed by atoms with Gasteiger partial charge in [-0.3, -0.25) is 14.9 Å². The monoisotopic (exact) mass is 262 g/mol. The largest absolute Gasteiger partial charge is 0.338 e. The highest BCUT2D eigenvalue weighted by atomic mass is 16.6. The second-order valence-corrected chi connectivity index (χ2v) is 5.46. The highest BCUT2D eigenvalue weighted by molar-refractivity contribution is 5.94. The van der Waals surface area contributed by atoms with E-state index >= 15 is 0 Å². The SMILES string of the molecule is C[C@@H]1C[C@H](C)CN(C(=O)c2ccc([N+](=O)[O-])cc2)C1. The Labute approximate surface area is 112 Å². The van der Waals surface area contributed by atoms with Gasteiger partial charge >= 0.3 is 0 Å². The molecule has 0 saturated carbocycles. The lowest BCUT2D eigenvalue weighted by atomic mass is 9.91. The van der Waals surface area contributed by atoms with Crippen LogP contribution in [0.2, 0.25) is 0 Å². The second kappa shape index (κ2) is 5.38. The van der Waals surface area contributed by atoms with E-state index in [1.165, 1.54) is 24.3 Å². The fraction of sp³-hybridized carbons (Fsp3) is 0.500. The van der Waals surface area contributed by atoms with Gasteiger partial charge in [-0.05, 0) is 30.4 Å². The minimum atomic E-state index is -0.459. The fourth-order valence-corrected chi connectivity index (χ4v) is 2.74. The molecule has 0 radical (unpaired) electrons. The molecule has 0 unspecified atom stereocenters. The molecule has 0 aromatic heterocycles. The molecular formula is C14H18N2O3. The Morgan fingerprint density at radius 3 is 2.21 bits per heavy atom. The molecule has 102 valence electrons. The fourth-order valence-electron chi connectivity index (χ4n) is 2.74. The second-order valence-electron chi connectivity index (χ2n) is 5.46. The average molecular weight is 262 g/mol. The minimum absolute atomic E-state index is 0.0110. The summed E-state index contributed by atoms with van der Waals surface area (Å²) in [5, 5.41) is 10.6. The number of nitro groups is 1. The van der Waals surface area contributed by atoms with Gasteiger partial charge in [0.1, 0.15) is 0 Å². The van der Waals surface area contributed by atoms with Crippen LogP contribution in [0.15, 0.2) is 24.3 Å². The van der Waals surface area contributed by atoms with Crippen molar-refractivity contribution in [1.29, 1.82) is 0 Å². The van der Waals surface area contributed by atoms with Gasteiger partial charge in [-0.25, -0.2) is 0 Å². The summed E-state index contributed by atoms with van der Waals surface area (Å²) >= 11 is 0. The maximum Gasteiger partial charge on any atom is 0.269 e. The molecule has 19 heavy (non-hydrogen) atoms. The lowest BCUT2D eigenvalue weighted by molar-refractivity contribution is -0.384. The Kier molecular flexibility index (Phi) is 3.83. The Morgan fingerprint density at radius 2 is 1.74 bits per heavy atom. The number of carbonyl (C=O) groups is 1. The number of non-ortho nitro benzene ring substituents is 1. The highest BCUT2D eigenvalue weighted by Gasteiger charge is 2.26. The summed E-state index contributed by atoms with van der Waals surface area (Å²) in [4.78, 5) is 24.3. The molecule has 0 aliphatic carbocycles. The highest BCUT2D eigenvalue weighted by Crippen LogP contribution is 2.23. The van der Waals surface area contributed by atoms with Crippen molar-refractivity contribution in [2.45, 2.75) is 20.3 Å². The number of carbonyl (C=O) groups excluding carboxylic acids is 1. The van der Waals surface area contributed by atoms with E-state index < -0.39 is 4.92 Å². The predicted octanol–water partition coefficient (Wildman–Crippen LogP) is 2.71. The molecule has 1 aromatic carbocycles. The first-order valence-electron chi connectivity index (χ1n) is 6.51. The first-order chi connectivity index (χ1) is 8.97. The number of likely N-dealkylation sites (tertiary alicyclic amines) is 1. The zero-order chi connectivity index (χ0) is 14.0. The molecule has 5 heteroatoms. The van der Waals surface area contributed by atoms with E-state index in [9.17, 15) is 14.9 Å². The van der Waals surface area contributed by atoms with Gasteiger partial charge in [0.15, 0.2) is 0 Å². The van der Waals surface area contributed by atoms with E-state index in [1.54, 1.807) is 0 Å². The molecule has 1 aliphatic rings. The lowest BCUT2D eigenvalue weighted by Gasteiger charge is -2.35. The average Bonchev–Trinajstić information content (AvgIpc) is 2.37. The van der Waals surface area contributed by atoms with Gasteiger partial charge in [-0.1, -0.05) is 13.8 Å². The molecule has 0 bridgehead atoms. The molecular weight excluding hydrogens is 244 g/mol. The number of piperidine rings is 1. The Hall–Kier alpha value is -1.91. The predicted molar refractivity (Wildman–Crippen MR) is 71.9 cm³/mol. The van der Waals surface area contributed by atoms with Crippen LogP contribution in [0.25, 0.3) is 0 Å². The van der Waals surface area contributed by atoms with Crippen LogP contribution in [0.3, 0.4) is 0 Å². The molecule has 1 amide bonds. The molecule has 2 rings (SSSR count). The Balaban J connectivity index is 2.12. The first-order valence-corrected chi connectivity index (χ1v) is 6.51. The van der Waals surface area contributed by atoms with Crippen LogP contribution in [0.5, 0.6) is 0 Å². The number of hydrogen-bond donors (Lipinski definition) is 0. The standard InChI is InChI=1S/C14H18N2O3/c1-10-7-11(2)9-15(8-10)14(17)12-3-5-13(6-4-12)16(18)19/h3-6,10-11H,7-9H2,1-2H3/t10-,11+. The summed E-state index contributed by atoms with van der Waals surface area (Å²) in [6.07, 6.45) is 1.14.